The van der Waals surface area contributed by atoms with Crippen molar-refractivity contribution in [3.05, 3.63) is 64.9 Å². The summed E-state index contributed by atoms with van der Waals surface area (Å²) in [6.45, 7) is 2.14. The van der Waals surface area contributed by atoms with E-state index in [9.17, 15) is 17.6 Å². The number of anilines is 1. The molecule has 152 valence electrons. The van der Waals surface area contributed by atoms with Crippen LogP contribution in [0.15, 0.2) is 48.5 Å². The molecule has 0 saturated carbocycles. The fourth-order valence-electron chi connectivity index (χ4n) is 2.95. The Hall–Kier alpha value is -2.12. The molecular weight excluding hydrogens is 403 g/mol. The number of amides is 1. The molecule has 0 heterocycles. The van der Waals surface area contributed by atoms with Crippen LogP contribution >= 0.6 is 11.6 Å². The maximum atomic E-state index is 12.9. The number of aryl methyl sites for hydroxylation is 1. The molecule has 5 nitrogen and oxygen atoms in total. The van der Waals surface area contributed by atoms with Crippen molar-refractivity contribution in [2.24, 2.45) is 0 Å². The van der Waals surface area contributed by atoms with E-state index in [0.717, 1.165) is 16.1 Å². The van der Waals surface area contributed by atoms with Crippen molar-refractivity contribution in [3.8, 4) is 0 Å². The minimum atomic E-state index is -3.69. The van der Waals surface area contributed by atoms with Gasteiger partial charge >= 0.3 is 0 Å². The summed E-state index contributed by atoms with van der Waals surface area (Å²) < 4.78 is 38.8. The van der Waals surface area contributed by atoms with E-state index in [4.69, 9.17) is 11.6 Å². The Balaban J connectivity index is 2.04. The third kappa shape index (κ3) is 6.21. The Bertz CT molecular complexity index is 904. The second kappa shape index (κ2) is 9.89. The van der Waals surface area contributed by atoms with Crippen molar-refractivity contribution in [1.29, 1.82) is 0 Å². The molecule has 0 spiro atoms. The van der Waals surface area contributed by atoms with Gasteiger partial charge in [-0.25, -0.2) is 12.8 Å². The largest absolute Gasteiger partial charge is 0.354 e. The topological polar surface area (TPSA) is 66.5 Å². The maximum absolute atomic E-state index is 12.9. The van der Waals surface area contributed by atoms with E-state index in [1.165, 1.54) is 18.2 Å². The van der Waals surface area contributed by atoms with Crippen molar-refractivity contribution in [3.63, 3.8) is 0 Å². The zero-order valence-electron chi connectivity index (χ0n) is 15.9. The predicted molar refractivity (Wildman–Crippen MR) is 111 cm³/mol. The van der Waals surface area contributed by atoms with Crippen LogP contribution in [-0.4, -0.2) is 33.2 Å². The van der Waals surface area contributed by atoms with Crippen LogP contribution in [-0.2, 0) is 21.2 Å². The summed E-state index contributed by atoms with van der Waals surface area (Å²) in [6.07, 6.45) is 2.72. The third-order valence-corrected chi connectivity index (χ3v) is 5.66. The van der Waals surface area contributed by atoms with Gasteiger partial charge in [-0.15, -0.1) is 0 Å². The number of sulfonamides is 1. The number of hydrogen-bond acceptors (Lipinski definition) is 3. The van der Waals surface area contributed by atoms with Gasteiger partial charge in [0.2, 0.25) is 15.9 Å². The Morgan fingerprint density at radius 3 is 2.46 bits per heavy atom. The lowest BCUT2D eigenvalue weighted by Crippen LogP contribution is -2.49. The van der Waals surface area contributed by atoms with Crippen LogP contribution in [0.4, 0.5) is 10.1 Å². The van der Waals surface area contributed by atoms with Gasteiger partial charge < -0.3 is 5.32 Å². The molecule has 1 atom stereocenters. The summed E-state index contributed by atoms with van der Waals surface area (Å²) >= 11 is 5.99. The minimum absolute atomic E-state index is 0.287. The van der Waals surface area contributed by atoms with Gasteiger partial charge in [-0.2, -0.15) is 0 Å². The van der Waals surface area contributed by atoms with Crippen molar-refractivity contribution in [2.45, 2.75) is 32.2 Å². The maximum Gasteiger partial charge on any atom is 0.243 e. The summed E-state index contributed by atoms with van der Waals surface area (Å²) in [6, 6.07) is 11.7. The molecule has 2 aromatic rings. The van der Waals surface area contributed by atoms with Crippen LogP contribution in [0.25, 0.3) is 0 Å². The summed E-state index contributed by atoms with van der Waals surface area (Å²) in [5.74, 6) is -0.656. The first-order valence-corrected chi connectivity index (χ1v) is 11.2. The second-order valence-electron chi connectivity index (χ2n) is 6.48. The van der Waals surface area contributed by atoms with E-state index < -0.39 is 16.1 Å². The zero-order valence-corrected chi connectivity index (χ0v) is 17.4. The molecule has 1 amide bonds. The molecule has 28 heavy (non-hydrogen) atoms. The molecule has 0 fully saturated rings. The zero-order chi connectivity index (χ0) is 20.7. The van der Waals surface area contributed by atoms with Crippen molar-refractivity contribution in [2.75, 3.05) is 17.1 Å². The highest BCUT2D eigenvalue weighted by molar-refractivity contribution is 7.92. The van der Waals surface area contributed by atoms with E-state index in [2.05, 4.69) is 5.32 Å². The molecule has 0 bridgehead atoms. The molecule has 2 rings (SSSR count). The molecule has 0 aromatic heterocycles. The molecule has 1 N–H and O–H groups in total. The summed E-state index contributed by atoms with van der Waals surface area (Å²) in [7, 11) is -3.69. The Labute approximate surface area is 170 Å². The van der Waals surface area contributed by atoms with Crippen LogP contribution in [0, 0.1) is 5.82 Å². The lowest BCUT2D eigenvalue weighted by atomic mass is 10.1. The van der Waals surface area contributed by atoms with Crippen LogP contribution < -0.4 is 9.62 Å². The first kappa shape index (κ1) is 22.2. The number of carbonyl (C=O) groups excluding carboxylic acids is 1. The molecular formula is C20H24ClFN2O3S. The van der Waals surface area contributed by atoms with Gasteiger partial charge in [0.25, 0.3) is 0 Å². The lowest BCUT2D eigenvalue weighted by Gasteiger charge is -2.30. The highest BCUT2D eigenvalue weighted by Gasteiger charge is 2.31. The molecule has 0 radical (unpaired) electrons. The molecule has 0 saturated heterocycles. The van der Waals surface area contributed by atoms with E-state index in [0.29, 0.717) is 36.5 Å². The van der Waals surface area contributed by atoms with Crippen LogP contribution in [0.3, 0.4) is 0 Å². The standard InChI is InChI=1S/C20H24ClFN2O3S/c1-3-19(24(28(2,26)27)18-8-4-7-16(21)14-18)20(25)23-13-5-6-15-9-11-17(22)12-10-15/h4,7-12,14,19H,3,5-6,13H2,1-2H3,(H,23,25). The molecule has 2 aromatic carbocycles. The van der Waals surface area contributed by atoms with Gasteiger partial charge in [-0.05, 0) is 55.2 Å². The SMILES string of the molecule is CCC(C(=O)NCCCc1ccc(F)cc1)N(c1cccc(Cl)c1)S(C)(=O)=O. The number of rotatable bonds is 9. The minimum Gasteiger partial charge on any atom is -0.354 e. The van der Waals surface area contributed by atoms with Gasteiger partial charge in [0.1, 0.15) is 11.9 Å². The Kier molecular flexibility index (Phi) is 7.83. The van der Waals surface area contributed by atoms with Crippen molar-refractivity contribution >= 4 is 33.2 Å². The molecule has 0 aliphatic carbocycles. The van der Waals surface area contributed by atoms with Crippen LogP contribution in [0.5, 0.6) is 0 Å². The first-order valence-electron chi connectivity index (χ1n) is 8.99. The summed E-state index contributed by atoms with van der Waals surface area (Å²) in [5, 5.41) is 3.19. The van der Waals surface area contributed by atoms with E-state index >= 15 is 0 Å². The molecule has 1 unspecified atom stereocenters. The summed E-state index contributed by atoms with van der Waals surface area (Å²) in [4.78, 5) is 12.7. The quantitative estimate of drug-likeness (QED) is 0.620. The second-order valence-corrected chi connectivity index (χ2v) is 8.78. The molecule has 0 aliphatic heterocycles. The number of halogens is 2. The highest BCUT2D eigenvalue weighted by Crippen LogP contribution is 2.25. The normalized spacial score (nSPS) is 12.4. The van der Waals surface area contributed by atoms with E-state index in [1.54, 1.807) is 37.3 Å². The average Bonchev–Trinajstić information content (AvgIpc) is 2.63. The van der Waals surface area contributed by atoms with Gasteiger partial charge in [0, 0.05) is 11.6 Å². The Morgan fingerprint density at radius 1 is 1.21 bits per heavy atom. The fourth-order valence-corrected chi connectivity index (χ4v) is 4.33. The van der Waals surface area contributed by atoms with E-state index in [-0.39, 0.29) is 11.7 Å². The number of carbonyl (C=O) groups is 1. The number of nitrogens with zero attached hydrogens (tertiary/aromatic N) is 1. The predicted octanol–water partition coefficient (Wildman–Crippen LogP) is 3.77. The lowest BCUT2D eigenvalue weighted by molar-refractivity contribution is -0.122. The number of benzene rings is 2. The monoisotopic (exact) mass is 426 g/mol. The highest BCUT2D eigenvalue weighted by atomic mass is 35.5. The number of hydrogen-bond donors (Lipinski definition) is 1. The molecule has 8 heteroatoms. The fraction of sp³-hybridized carbons (Fsp3) is 0.350. The summed E-state index contributed by atoms with van der Waals surface area (Å²) in [5.41, 5.74) is 1.32. The first-order chi connectivity index (χ1) is 13.2. The third-order valence-electron chi connectivity index (χ3n) is 4.25. The van der Waals surface area contributed by atoms with Crippen LogP contribution in [0.1, 0.15) is 25.3 Å². The Morgan fingerprint density at radius 2 is 1.89 bits per heavy atom. The van der Waals surface area contributed by atoms with Crippen molar-refractivity contribution < 1.29 is 17.6 Å². The van der Waals surface area contributed by atoms with Gasteiger partial charge in [-0.1, -0.05) is 36.7 Å². The van der Waals surface area contributed by atoms with Crippen LogP contribution in [0.2, 0.25) is 5.02 Å². The van der Waals surface area contributed by atoms with Gasteiger partial charge in [0.15, 0.2) is 0 Å². The van der Waals surface area contributed by atoms with Gasteiger partial charge in [-0.3, -0.25) is 9.10 Å². The van der Waals surface area contributed by atoms with E-state index in [1.807, 2.05) is 0 Å². The molecule has 0 aliphatic rings. The number of nitrogens with one attached hydrogen (secondary N) is 1. The smallest absolute Gasteiger partial charge is 0.243 e. The average molecular weight is 427 g/mol. The van der Waals surface area contributed by atoms with Gasteiger partial charge in [0.05, 0.1) is 11.9 Å². The van der Waals surface area contributed by atoms with Crippen molar-refractivity contribution in [1.82, 2.24) is 5.32 Å².